The highest BCUT2D eigenvalue weighted by atomic mass is 16.6. The molecule has 116 valence electrons. The Balaban J connectivity index is 2.82. The molecule has 0 aromatic carbocycles. The van der Waals surface area contributed by atoms with Gasteiger partial charge in [0.25, 0.3) is 0 Å². The molecule has 1 aliphatic heterocycles. The van der Waals surface area contributed by atoms with Gasteiger partial charge in [-0.05, 0) is 27.2 Å². The van der Waals surface area contributed by atoms with Crippen LogP contribution in [0.4, 0.5) is 4.79 Å². The average molecular weight is 287 g/mol. The van der Waals surface area contributed by atoms with Crippen molar-refractivity contribution < 1.29 is 24.5 Å². The molecular formula is C14H25NO5. The summed E-state index contributed by atoms with van der Waals surface area (Å²) in [6.07, 6.45) is 1.57. The topological polar surface area (TPSA) is 87.1 Å². The van der Waals surface area contributed by atoms with E-state index in [0.717, 1.165) is 17.7 Å². The third-order valence-corrected chi connectivity index (χ3v) is 3.32. The fraction of sp³-hybridized carbons (Fsp3) is 0.857. The lowest BCUT2D eigenvalue weighted by atomic mass is 9.94. The van der Waals surface area contributed by atoms with Gasteiger partial charge in [0.05, 0.1) is 12.1 Å². The Hall–Kier alpha value is -1.30. The summed E-state index contributed by atoms with van der Waals surface area (Å²) in [5.41, 5.74) is -1.82. The van der Waals surface area contributed by atoms with Crippen LogP contribution in [0.3, 0.4) is 0 Å². The first-order chi connectivity index (χ1) is 9.08. The molecule has 1 saturated heterocycles. The molecule has 1 heterocycles. The molecule has 2 atom stereocenters. The number of nitrogens with zero attached hydrogens (tertiary/aromatic N) is 1. The van der Waals surface area contributed by atoms with Gasteiger partial charge in [0.1, 0.15) is 11.6 Å². The Morgan fingerprint density at radius 2 is 2.00 bits per heavy atom. The molecule has 0 aromatic rings. The number of aliphatic hydroxyl groups is 1. The van der Waals surface area contributed by atoms with Crippen molar-refractivity contribution in [3.8, 4) is 0 Å². The van der Waals surface area contributed by atoms with Crippen LogP contribution in [0, 0.1) is 0 Å². The number of carboxylic acid groups (broad SMARTS) is 1. The van der Waals surface area contributed by atoms with Gasteiger partial charge in [0.15, 0.2) is 0 Å². The Bertz CT molecular complexity index is 376. The standard InChI is InChI=1S/C14H25NO5/c1-5-6-7-14(19)8-10(11(16)17)15(9-14)12(18)20-13(2,3)4/h10,19H,5-9H2,1-4H3,(H,16,17)/t10-,14?/m0/s1. The van der Waals surface area contributed by atoms with Crippen molar-refractivity contribution >= 4 is 12.1 Å². The zero-order valence-corrected chi connectivity index (χ0v) is 12.7. The molecule has 6 heteroatoms. The number of carboxylic acids is 1. The van der Waals surface area contributed by atoms with Crippen molar-refractivity contribution in [3.05, 3.63) is 0 Å². The summed E-state index contributed by atoms with van der Waals surface area (Å²) in [4.78, 5) is 24.5. The smallest absolute Gasteiger partial charge is 0.411 e. The van der Waals surface area contributed by atoms with Crippen molar-refractivity contribution in [3.63, 3.8) is 0 Å². The van der Waals surface area contributed by atoms with E-state index >= 15 is 0 Å². The number of carbonyl (C=O) groups excluding carboxylic acids is 1. The predicted molar refractivity (Wildman–Crippen MR) is 73.5 cm³/mol. The van der Waals surface area contributed by atoms with E-state index in [2.05, 4.69) is 0 Å². The summed E-state index contributed by atoms with van der Waals surface area (Å²) in [6.45, 7) is 7.18. The third-order valence-electron chi connectivity index (χ3n) is 3.32. The highest BCUT2D eigenvalue weighted by Gasteiger charge is 2.48. The van der Waals surface area contributed by atoms with E-state index in [0.29, 0.717) is 6.42 Å². The summed E-state index contributed by atoms with van der Waals surface area (Å²) < 4.78 is 5.21. The van der Waals surface area contributed by atoms with Crippen molar-refractivity contribution in [2.24, 2.45) is 0 Å². The number of carbonyl (C=O) groups is 2. The number of likely N-dealkylation sites (tertiary alicyclic amines) is 1. The molecular weight excluding hydrogens is 262 g/mol. The summed E-state index contributed by atoms with van der Waals surface area (Å²) in [6, 6.07) is -1.02. The Morgan fingerprint density at radius 1 is 1.40 bits per heavy atom. The minimum Gasteiger partial charge on any atom is -0.480 e. The summed E-state index contributed by atoms with van der Waals surface area (Å²) in [5.74, 6) is -1.11. The zero-order valence-electron chi connectivity index (χ0n) is 12.7. The monoisotopic (exact) mass is 287 g/mol. The number of ether oxygens (including phenoxy) is 1. The van der Waals surface area contributed by atoms with Crippen LogP contribution in [0.1, 0.15) is 53.4 Å². The third kappa shape index (κ3) is 4.37. The van der Waals surface area contributed by atoms with Crippen LogP contribution in [0.15, 0.2) is 0 Å². The van der Waals surface area contributed by atoms with Gasteiger partial charge in [0.2, 0.25) is 0 Å². The lowest BCUT2D eigenvalue weighted by molar-refractivity contribution is -0.142. The normalized spacial score (nSPS) is 26.6. The first kappa shape index (κ1) is 16.8. The molecule has 1 fully saturated rings. The molecule has 20 heavy (non-hydrogen) atoms. The van der Waals surface area contributed by atoms with Gasteiger partial charge in [-0.3, -0.25) is 4.90 Å². The maximum atomic E-state index is 12.1. The number of β-amino-alcohol motifs (C(OH)–C–C–N with tert-alkyl or cyclic N) is 1. The van der Waals surface area contributed by atoms with Crippen molar-refractivity contribution in [1.29, 1.82) is 0 Å². The van der Waals surface area contributed by atoms with E-state index in [9.17, 15) is 19.8 Å². The van der Waals surface area contributed by atoms with E-state index in [1.54, 1.807) is 20.8 Å². The second-order valence-corrected chi connectivity index (χ2v) is 6.49. The lowest BCUT2D eigenvalue weighted by Crippen LogP contribution is -2.44. The van der Waals surface area contributed by atoms with E-state index < -0.39 is 29.3 Å². The minimum atomic E-state index is -1.13. The van der Waals surface area contributed by atoms with Crippen molar-refractivity contribution in [1.82, 2.24) is 4.90 Å². The number of amides is 1. The second-order valence-electron chi connectivity index (χ2n) is 6.49. The highest BCUT2D eigenvalue weighted by molar-refractivity contribution is 5.81. The SMILES string of the molecule is CCCCC1(O)C[C@@H](C(=O)O)N(C(=O)OC(C)(C)C)C1. The van der Waals surface area contributed by atoms with Crippen LogP contribution in [-0.2, 0) is 9.53 Å². The Morgan fingerprint density at radius 3 is 2.45 bits per heavy atom. The summed E-state index contributed by atoms with van der Waals surface area (Å²) in [5, 5.41) is 19.7. The molecule has 1 unspecified atom stereocenters. The number of hydrogen-bond donors (Lipinski definition) is 2. The Kier molecular flexibility index (Phi) is 5.02. The zero-order chi connectivity index (χ0) is 15.6. The fourth-order valence-corrected chi connectivity index (χ4v) is 2.38. The maximum Gasteiger partial charge on any atom is 0.411 e. The van der Waals surface area contributed by atoms with Crippen LogP contribution < -0.4 is 0 Å². The van der Waals surface area contributed by atoms with Gasteiger partial charge in [0, 0.05) is 6.42 Å². The highest BCUT2D eigenvalue weighted by Crippen LogP contribution is 2.32. The van der Waals surface area contributed by atoms with Crippen molar-refractivity contribution in [2.75, 3.05) is 6.54 Å². The van der Waals surface area contributed by atoms with Crippen LogP contribution >= 0.6 is 0 Å². The van der Waals surface area contributed by atoms with E-state index in [1.165, 1.54) is 0 Å². The number of unbranched alkanes of at least 4 members (excludes halogenated alkanes) is 1. The molecule has 0 bridgehead atoms. The van der Waals surface area contributed by atoms with Gasteiger partial charge in [-0.15, -0.1) is 0 Å². The van der Waals surface area contributed by atoms with E-state index in [-0.39, 0.29) is 13.0 Å². The lowest BCUT2D eigenvalue weighted by Gasteiger charge is -2.27. The van der Waals surface area contributed by atoms with Crippen LogP contribution in [0.25, 0.3) is 0 Å². The predicted octanol–water partition coefficient (Wildman–Crippen LogP) is 2.00. The first-order valence-corrected chi connectivity index (χ1v) is 7.03. The fourth-order valence-electron chi connectivity index (χ4n) is 2.38. The van der Waals surface area contributed by atoms with Crippen LogP contribution in [0.2, 0.25) is 0 Å². The molecule has 0 aliphatic carbocycles. The molecule has 6 nitrogen and oxygen atoms in total. The quantitative estimate of drug-likeness (QED) is 0.825. The molecule has 0 spiro atoms. The van der Waals surface area contributed by atoms with Gasteiger partial charge < -0.3 is 14.9 Å². The second kappa shape index (κ2) is 5.99. The molecule has 1 rings (SSSR count). The van der Waals surface area contributed by atoms with Gasteiger partial charge in [-0.1, -0.05) is 19.8 Å². The Labute approximate surface area is 119 Å². The van der Waals surface area contributed by atoms with Crippen LogP contribution in [0.5, 0.6) is 0 Å². The summed E-state index contributed by atoms with van der Waals surface area (Å²) in [7, 11) is 0. The van der Waals surface area contributed by atoms with Crippen LogP contribution in [-0.4, -0.2) is 51.0 Å². The summed E-state index contributed by atoms with van der Waals surface area (Å²) >= 11 is 0. The van der Waals surface area contributed by atoms with E-state index in [4.69, 9.17) is 4.74 Å². The molecule has 1 aliphatic rings. The molecule has 1 amide bonds. The molecule has 0 radical (unpaired) electrons. The maximum absolute atomic E-state index is 12.1. The minimum absolute atomic E-state index is 0.0128. The number of rotatable bonds is 4. The molecule has 2 N–H and O–H groups in total. The van der Waals surface area contributed by atoms with Gasteiger partial charge in [-0.25, -0.2) is 9.59 Å². The molecule has 0 saturated carbocycles. The number of hydrogen-bond acceptors (Lipinski definition) is 4. The first-order valence-electron chi connectivity index (χ1n) is 7.03. The van der Waals surface area contributed by atoms with Gasteiger partial charge in [-0.2, -0.15) is 0 Å². The van der Waals surface area contributed by atoms with E-state index in [1.807, 2.05) is 6.92 Å². The van der Waals surface area contributed by atoms with Gasteiger partial charge >= 0.3 is 12.1 Å². The average Bonchev–Trinajstić information content (AvgIpc) is 2.64. The molecule has 0 aromatic heterocycles. The number of aliphatic carboxylic acids is 1. The van der Waals surface area contributed by atoms with Crippen molar-refractivity contribution in [2.45, 2.75) is 70.6 Å². The largest absolute Gasteiger partial charge is 0.480 e.